The van der Waals surface area contributed by atoms with Gasteiger partial charge in [0.15, 0.2) is 0 Å². The number of fused-ring (bicyclic) bond motifs is 1. The summed E-state index contributed by atoms with van der Waals surface area (Å²) in [6.45, 7) is 2.22. The highest BCUT2D eigenvalue weighted by molar-refractivity contribution is 5.89. The van der Waals surface area contributed by atoms with Crippen molar-refractivity contribution in [1.29, 1.82) is 0 Å². The number of aromatic nitrogens is 2. The number of carboxylic acid groups (broad SMARTS) is 1. The number of aryl methyl sites for hydroxylation is 1. The molecule has 106 valence electrons. The van der Waals surface area contributed by atoms with Crippen molar-refractivity contribution >= 4 is 23.3 Å². The van der Waals surface area contributed by atoms with Crippen LogP contribution in [0.4, 0.5) is 10.5 Å². The molecule has 2 aromatic rings. The van der Waals surface area contributed by atoms with Gasteiger partial charge in [-0.25, -0.2) is 9.78 Å². The molecular weight excluding hydrogens is 260 g/mol. The normalized spacial score (nSPS) is 10.4. The zero-order valence-electron chi connectivity index (χ0n) is 11.1. The number of urea groups is 1. The van der Waals surface area contributed by atoms with Crippen LogP contribution in [0.25, 0.3) is 5.65 Å². The van der Waals surface area contributed by atoms with Crippen LogP contribution in [0.5, 0.6) is 0 Å². The lowest BCUT2D eigenvalue weighted by molar-refractivity contribution is -0.137. The second-order valence-corrected chi connectivity index (χ2v) is 4.44. The van der Waals surface area contributed by atoms with Gasteiger partial charge in [-0.15, -0.1) is 0 Å². The van der Waals surface area contributed by atoms with Crippen molar-refractivity contribution in [2.75, 3.05) is 11.9 Å². The molecule has 20 heavy (non-hydrogen) atoms. The van der Waals surface area contributed by atoms with Crippen LogP contribution < -0.4 is 10.6 Å². The van der Waals surface area contributed by atoms with E-state index in [2.05, 4.69) is 15.6 Å². The molecule has 2 rings (SSSR count). The number of amides is 2. The summed E-state index contributed by atoms with van der Waals surface area (Å²) in [5.74, 6) is -0.867. The van der Waals surface area contributed by atoms with Gasteiger partial charge in [0.2, 0.25) is 0 Å². The summed E-state index contributed by atoms with van der Waals surface area (Å²) in [5.41, 5.74) is 2.36. The number of anilines is 1. The lowest BCUT2D eigenvalue weighted by Gasteiger charge is -2.07. The third kappa shape index (κ3) is 3.71. The number of aliphatic carboxylic acids is 1. The molecule has 0 aliphatic heterocycles. The maximum atomic E-state index is 11.6. The van der Waals surface area contributed by atoms with Gasteiger partial charge in [0, 0.05) is 25.4 Å². The van der Waals surface area contributed by atoms with Crippen LogP contribution in [0.3, 0.4) is 0 Å². The molecule has 0 bridgehead atoms. The highest BCUT2D eigenvalue weighted by Crippen LogP contribution is 2.11. The number of nitrogens with zero attached hydrogens (tertiary/aromatic N) is 2. The highest BCUT2D eigenvalue weighted by Gasteiger charge is 2.04. The van der Waals surface area contributed by atoms with Gasteiger partial charge in [0.1, 0.15) is 5.65 Å². The third-order valence-electron chi connectivity index (χ3n) is 2.68. The van der Waals surface area contributed by atoms with Crippen LogP contribution in [0.2, 0.25) is 0 Å². The van der Waals surface area contributed by atoms with E-state index in [0.29, 0.717) is 18.7 Å². The van der Waals surface area contributed by atoms with E-state index in [9.17, 15) is 9.59 Å². The van der Waals surface area contributed by atoms with Crippen molar-refractivity contribution in [3.8, 4) is 0 Å². The Labute approximate surface area is 115 Å². The van der Waals surface area contributed by atoms with E-state index < -0.39 is 5.97 Å². The summed E-state index contributed by atoms with van der Waals surface area (Å²) in [6, 6.07) is 3.22. The average molecular weight is 276 g/mol. The molecule has 0 fully saturated rings. The number of nitrogens with one attached hydrogen (secondary N) is 2. The molecule has 3 N–H and O–H groups in total. The number of hydrogen-bond donors (Lipinski definition) is 3. The van der Waals surface area contributed by atoms with E-state index in [4.69, 9.17) is 5.11 Å². The van der Waals surface area contributed by atoms with E-state index in [0.717, 1.165) is 11.3 Å². The number of imidazole rings is 1. The molecule has 0 atom stereocenters. The molecule has 0 spiro atoms. The summed E-state index contributed by atoms with van der Waals surface area (Å²) in [5, 5.41) is 13.8. The monoisotopic (exact) mass is 276 g/mol. The summed E-state index contributed by atoms with van der Waals surface area (Å²) in [6.07, 6.45) is 4.08. The number of carboxylic acids is 1. The van der Waals surface area contributed by atoms with E-state index in [1.807, 2.05) is 23.6 Å². The Hall–Kier alpha value is -2.57. The largest absolute Gasteiger partial charge is 0.481 e. The fourth-order valence-electron chi connectivity index (χ4n) is 1.81. The van der Waals surface area contributed by atoms with E-state index in [1.165, 1.54) is 0 Å². The maximum Gasteiger partial charge on any atom is 0.319 e. The molecule has 0 radical (unpaired) electrons. The van der Waals surface area contributed by atoms with E-state index in [-0.39, 0.29) is 12.5 Å². The van der Waals surface area contributed by atoms with Gasteiger partial charge in [0.05, 0.1) is 11.4 Å². The lowest BCUT2D eigenvalue weighted by Crippen LogP contribution is -2.29. The highest BCUT2D eigenvalue weighted by atomic mass is 16.4. The van der Waals surface area contributed by atoms with Gasteiger partial charge in [-0.3, -0.25) is 4.79 Å². The molecule has 2 aromatic heterocycles. The van der Waals surface area contributed by atoms with Gasteiger partial charge in [-0.05, 0) is 25.5 Å². The second kappa shape index (κ2) is 6.05. The molecule has 0 saturated heterocycles. The quantitative estimate of drug-likeness (QED) is 0.723. The van der Waals surface area contributed by atoms with Crippen LogP contribution >= 0.6 is 0 Å². The number of hydrogen-bond acceptors (Lipinski definition) is 3. The first-order chi connectivity index (χ1) is 9.54. The van der Waals surface area contributed by atoms with Crippen LogP contribution in [-0.2, 0) is 4.79 Å². The Morgan fingerprint density at radius 1 is 1.35 bits per heavy atom. The van der Waals surface area contributed by atoms with Gasteiger partial charge in [-0.2, -0.15) is 0 Å². The van der Waals surface area contributed by atoms with Crippen molar-refractivity contribution in [2.24, 2.45) is 0 Å². The lowest BCUT2D eigenvalue weighted by atomic mass is 10.3. The minimum atomic E-state index is -0.867. The fraction of sp³-hybridized carbons (Fsp3) is 0.308. The minimum absolute atomic E-state index is 0.0422. The Morgan fingerprint density at radius 2 is 2.15 bits per heavy atom. The van der Waals surface area contributed by atoms with Crippen molar-refractivity contribution < 1.29 is 14.7 Å². The first kappa shape index (κ1) is 13.9. The predicted molar refractivity (Wildman–Crippen MR) is 73.8 cm³/mol. The number of rotatable bonds is 5. The standard InChI is InChI=1S/C13H16N4O3/c1-9-7-17-8-10(4-5-11(17)15-9)16-13(20)14-6-2-3-12(18)19/h4-5,7-8H,2-3,6H2,1H3,(H,18,19)(H2,14,16,20). The average Bonchev–Trinajstić information content (AvgIpc) is 2.74. The van der Waals surface area contributed by atoms with Crippen molar-refractivity contribution in [1.82, 2.24) is 14.7 Å². The molecule has 7 nitrogen and oxygen atoms in total. The summed E-state index contributed by atoms with van der Waals surface area (Å²) in [7, 11) is 0. The molecule has 7 heteroatoms. The number of pyridine rings is 1. The third-order valence-corrected chi connectivity index (χ3v) is 2.68. The van der Waals surface area contributed by atoms with Gasteiger partial charge in [0.25, 0.3) is 0 Å². The molecule has 0 aromatic carbocycles. The van der Waals surface area contributed by atoms with Crippen molar-refractivity contribution in [3.05, 3.63) is 30.2 Å². The summed E-state index contributed by atoms with van der Waals surface area (Å²) in [4.78, 5) is 26.2. The van der Waals surface area contributed by atoms with Gasteiger partial charge in [-0.1, -0.05) is 0 Å². The molecular formula is C13H16N4O3. The van der Waals surface area contributed by atoms with E-state index >= 15 is 0 Å². The fourth-order valence-corrected chi connectivity index (χ4v) is 1.81. The van der Waals surface area contributed by atoms with Gasteiger partial charge >= 0.3 is 12.0 Å². The second-order valence-electron chi connectivity index (χ2n) is 4.44. The minimum Gasteiger partial charge on any atom is -0.481 e. The number of carbonyl (C=O) groups is 2. The predicted octanol–water partition coefficient (Wildman–Crippen LogP) is 1.63. The first-order valence-electron chi connectivity index (χ1n) is 6.26. The zero-order chi connectivity index (χ0) is 14.5. The summed E-state index contributed by atoms with van der Waals surface area (Å²) < 4.78 is 1.83. The Morgan fingerprint density at radius 3 is 2.90 bits per heavy atom. The van der Waals surface area contributed by atoms with Crippen LogP contribution in [0.15, 0.2) is 24.5 Å². The topological polar surface area (TPSA) is 95.7 Å². The molecule has 0 aliphatic rings. The summed E-state index contributed by atoms with van der Waals surface area (Å²) >= 11 is 0. The Kier molecular flexibility index (Phi) is 4.19. The van der Waals surface area contributed by atoms with Crippen LogP contribution in [-0.4, -0.2) is 33.0 Å². The van der Waals surface area contributed by atoms with Crippen LogP contribution in [0.1, 0.15) is 18.5 Å². The molecule has 2 heterocycles. The smallest absolute Gasteiger partial charge is 0.319 e. The molecule has 0 unspecified atom stereocenters. The Bertz CT molecular complexity index is 636. The Balaban J connectivity index is 1.87. The molecule has 2 amide bonds. The molecule has 0 saturated carbocycles. The van der Waals surface area contributed by atoms with Crippen molar-refractivity contribution in [3.63, 3.8) is 0 Å². The molecule has 0 aliphatic carbocycles. The maximum absolute atomic E-state index is 11.6. The SMILES string of the molecule is Cc1cn2cc(NC(=O)NCCCC(=O)O)ccc2n1. The first-order valence-corrected chi connectivity index (χ1v) is 6.26. The van der Waals surface area contributed by atoms with Crippen LogP contribution in [0, 0.1) is 6.92 Å². The zero-order valence-corrected chi connectivity index (χ0v) is 11.1. The van der Waals surface area contributed by atoms with Gasteiger partial charge < -0.3 is 20.1 Å². The van der Waals surface area contributed by atoms with Crippen molar-refractivity contribution in [2.45, 2.75) is 19.8 Å². The number of carbonyl (C=O) groups excluding carboxylic acids is 1. The van der Waals surface area contributed by atoms with E-state index in [1.54, 1.807) is 12.3 Å².